The molecule has 0 aromatic carbocycles. The maximum atomic E-state index is 11.3. The number of rotatable bonds is 7. The highest BCUT2D eigenvalue weighted by Crippen LogP contribution is 2.44. The second-order valence-corrected chi connectivity index (χ2v) is 5.55. The van der Waals surface area contributed by atoms with Crippen LogP contribution >= 0.6 is 7.82 Å². The van der Waals surface area contributed by atoms with Gasteiger partial charge in [0.2, 0.25) is 0 Å². The van der Waals surface area contributed by atoms with Crippen LogP contribution in [0.3, 0.4) is 0 Å². The summed E-state index contributed by atoms with van der Waals surface area (Å²) in [6.07, 6.45) is 0. The first-order valence-electron chi connectivity index (χ1n) is 4.86. The standard InChI is InChI=1S/C9H18NO6P/c1-8(2)9(11)14-6-7-15-17(12,13)16-10(3,4)5/h1,6-7H2,2-5H3/p+1. The lowest BCUT2D eigenvalue weighted by atomic mass is 10.4. The molecule has 1 N–H and O–H groups in total. The van der Waals surface area contributed by atoms with Crippen LogP contribution in [0, 0.1) is 0 Å². The van der Waals surface area contributed by atoms with Crippen LogP contribution in [0.2, 0.25) is 0 Å². The highest BCUT2D eigenvalue weighted by molar-refractivity contribution is 7.47. The Balaban J connectivity index is 3.93. The molecule has 100 valence electrons. The molecule has 0 aliphatic rings. The fourth-order valence-electron chi connectivity index (χ4n) is 0.743. The number of ether oxygens (including phenoxy) is 1. The van der Waals surface area contributed by atoms with Gasteiger partial charge in [0, 0.05) is 5.57 Å². The summed E-state index contributed by atoms with van der Waals surface area (Å²) in [5.74, 6) is -0.575. The number of phosphoric ester groups is 1. The Kier molecular flexibility index (Phi) is 6.01. The molecule has 0 saturated carbocycles. The van der Waals surface area contributed by atoms with Crippen LogP contribution in [0.25, 0.3) is 0 Å². The summed E-state index contributed by atoms with van der Waals surface area (Å²) >= 11 is 0. The summed E-state index contributed by atoms with van der Waals surface area (Å²) in [5, 5.41) is 0. The Bertz CT molecular complexity index is 335. The number of hydroxylamine groups is 3. The molecule has 0 aromatic rings. The van der Waals surface area contributed by atoms with E-state index in [4.69, 9.17) is 4.62 Å². The first kappa shape index (κ1) is 16.3. The fraction of sp³-hybridized carbons (Fsp3) is 0.667. The van der Waals surface area contributed by atoms with Crippen LogP contribution in [-0.4, -0.2) is 49.9 Å². The quantitative estimate of drug-likeness (QED) is 0.184. The minimum atomic E-state index is -4.14. The zero-order valence-corrected chi connectivity index (χ0v) is 11.4. The molecular weight excluding hydrogens is 249 g/mol. The molecule has 0 aliphatic carbocycles. The van der Waals surface area contributed by atoms with Crippen molar-refractivity contribution in [2.24, 2.45) is 0 Å². The average molecular weight is 268 g/mol. The number of phosphoric acid groups is 1. The minimum absolute atomic E-state index is 0.142. The molecule has 1 atom stereocenters. The Morgan fingerprint density at radius 1 is 1.35 bits per heavy atom. The minimum Gasteiger partial charge on any atom is -0.460 e. The van der Waals surface area contributed by atoms with Gasteiger partial charge < -0.3 is 4.74 Å². The molecule has 0 rings (SSSR count). The largest absolute Gasteiger partial charge is 0.518 e. The first-order valence-corrected chi connectivity index (χ1v) is 6.36. The van der Waals surface area contributed by atoms with E-state index in [0.717, 1.165) is 0 Å². The Morgan fingerprint density at radius 3 is 2.29 bits per heavy atom. The number of carbonyl (C=O) groups excluding carboxylic acids is 1. The van der Waals surface area contributed by atoms with Crippen LogP contribution in [0.5, 0.6) is 0 Å². The molecule has 0 amide bonds. The highest BCUT2D eigenvalue weighted by atomic mass is 31.2. The number of carbonyl (C=O) groups is 1. The van der Waals surface area contributed by atoms with Crippen molar-refractivity contribution in [3.8, 4) is 0 Å². The molecule has 0 aliphatic heterocycles. The van der Waals surface area contributed by atoms with Gasteiger partial charge in [-0.25, -0.2) is 9.36 Å². The number of hydrogen-bond acceptors (Lipinski definition) is 5. The van der Waals surface area contributed by atoms with E-state index in [2.05, 4.69) is 15.8 Å². The van der Waals surface area contributed by atoms with E-state index >= 15 is 0 Å². The van der Waals surface area contributed by atoms with Crippen molar-refractivity contribution in [1.82, 2.24) is 0 Å². The van der Waals surface area contributed by atoms with E-state index < -0.39 is 13.8 Å². The number of nitrogens with zero attached hydrogens (tertiary/aromatic N) is 1. The first-order chi connectivity index (χ1) is 7.53. The molecule has 8 heteroatoms. The molecule has 0 heterocycles. The van der Waals surface area contributed by atoms with Crippen molar-refractivity contribution in [3.63, 3.8) is 0 Å². The smallest absolute Gasteiger partial charge is 0.460 e. The van der Waals surface area contributed by atoms with Gasteiger partial charge >= 0.3 is 13.8 Å². The Hall–Kier alpha value is -0.720. The normalized spacial score (nSPS) is 15.1. The lowest BCUT2D eigenvalue weighted by molar-refractivity contribution is -1.04. The molecule has 1 unspecified atom stereocenters. The number of quaternary nitrogens is 1. The molecule has 0 aromatic heterocycles. The van der Waals surface area contributed by atoms with Crippen LogP contribution in [-0.2, 0) is 23.2 Å². The molecule has 0 fully saturated rings. The van der Waals surface area contributed by atoms with Gasteiger partial charge in [0.1, 0.15) is 6.61 Å². The predicted octanol–water partition coefficient (Wildman–Crippen LogP) is 0.860. The summed E-state index contributed by atoms with van der Waals surface area (Å²) in [4.78, 5) is 20.2. The second kappa shape index (κ2) is 6.28. The molecule has 7 nitrogen and oxygen atoms in total. The van der Waals surface area contributed by atoms with E-state index in [0.29, 0.717) is 0 Å². The zero-order valence-electron chi connectivity index (χ0n) is 10.5. The topological polar surface area (TPSA) is 82.1 Å². The number of esters is 1. The molecule has 0 saturated heterocycles. The monoisotopic (exact) mass is 268 g/mol. The fourth-order valence-corrected chi connectivity index (χ4v) is 1.71. The van der Waals surface area contributed by atoms with Crippen molar-refractivity contribution in [2.45, 2.75) is 6.92 Å². The van der Waals surface area contributed by atoms with Crippen molar-refractivity contribution in [3.05, 3.63) is 12.2 Å². The second-order valence-electron chi connectivity index (χ2n) is 4.19. The predicted molar refractivity (Wildman–Crippen MR) is 60.7 cm³/mol. The van der Waals surface area contributed by atoms with E-state index in [-0.39, 0.29) is 23.4 Å². The molecule has 17 heavy (non-hydrogen) atoms. The Labute approximate surface area is 101 Å². The van der Waals surface area contributed by atoms with Gasteiger partial charge in [-0.3, -0.25) is 9.42 Å². The average Bonchev–Trinajstić information content (AvgIpc) is 2.07. The van der Waals surface area contributed by atoms with E-state index in [1.54, 1.807) is 21.1 Å². The summed E-state index contributed by atoms with van der Waals surface area (Å²) in [6.45, 7) is 4.51. The zero-order chi connectivity index (χ0) is 13.7. The molecule has 0 bridgehead atoms. The summed E-state index contributed by atoms with van der Waals surface area (Å²) in [6, 6.07) is 0. The third-order valence-electron chi connectivity index (χ3n) is 1.27. The SMILES string of the molecule is C=C(C)C(=O)OCCOP(=O)(O)O[N+](C)(C)C. The highest BCUT2D eigenvalue weighted by Gasteiger charge is 2.30. The summed E-state index contributed by atoms with van der Waals surface area (Å²) in [5.41, 5.74) is 0.250. The van der Waals surface area contributed by atoms with Crippen LogP contribution in [0.4, 0.5) is 0 Å². The van der Waals surface area contributed by atoms with Gasteiger partial charge in [0.05, 0.1) is 27.7 Å². The van der Waals surface area contributed by atoms with Gasteiger partial charge in [-0.1, -0.05) is 11.2 Å². The van der Waals surface area contributed by atoms with Gasteiger partial charge in [-0.15, -0.1) is 0 Å². The molecule has 0 spiro atoms. The molecular formula is C9H19NO6P+. The van der Waals surface area contributed by atoms with E-state index in [9.17, 15) is 14.3 Å². The maximum absolute atomic E-state index is 11.3. The third kappa shape index (κ3) is 9.02. The third-order valence-corrected chi connectivity index (χ3v) is 2.47. The van der Waals surface area contributed by atoms with Crippen LogP contribution in [0.1, 0.15) is 6.92 Å². The van der Waals surface area contributed by atoms with Crippen molar-refractivity contribution < 1.29 is 32.8 Å². The van der Waals surface area contributed by atoms with E-state index in [1.807, 2.05) is 0 Å². The summed E-state index contributed by atoms with van der Waals surface area (Å²) in [7, 11) is 0.549. The van der Waals surface area contributed by atoms with Gasteiger partial charge in [-0.05, 0) is 6.92 Å². The molecule has 0 radical (unpaired) electrons. The van der Waals surface area contributed by atoms with Crippen molar-refractivity contribution in [1.29, 1.82) is 0 Å². The lowest BCUT2D eigenvalue weighted by Crippen LogP contribution is -2.33. The van der Waals surface area contributed by atoms with E-state index in [1.165, 1.54) is 6.92 Å². The summed E-state index contributed by atoms with van der Waals surface area (Å²) < 4.78 is 25.2. The lowest BCUT2D eigenvalue weighted by Gasteiger charge is -2.22. The van der Waals surface area contributed by atoms with Crippen molar-refractivity contribution >= 4 is 13.8 Å². The van der Waals surface area contributed by atoms with Gasteiger partial charge in [0.15, 0.2) is 0 Å². The Morgan fingerprint density at radius 2 is 1.88 bits per heavy atom. The van der Waals surface area contributed by atoms with Crippen molar-refractivity contribution in [2.75, 3.05) is 34.4 Å². The van der Waals surface area contributed by atoms with Gasteiger partial charge in [0.25, 0.3) is 0 Å². The number of hydrogen-bond donors (Lipinski definition) is 1. The van der Waals surface area contributed by atoms with Crippen LogP contribution < -0.4 is 0 Å². The van der Waals surface area contributed by atoms with Gasteiger partial charge in [-0.2, -0.15) is 4.65 Å². The maximum Gasteiger partial charge on any atom is 0.518 e. The van der Waals surface area contributed by atoms with Crippen LogP contribution in [0.15, 0.2) is 12.2 Å².